The highest BCUT2D eigenvalue weighted by atomic mass is 16.3. The highest BCUT2D eigenvalue weighted by Gasteiger charge is 2.34. The summed E-state index contributed by atoms with van der Waals surface area (Å²) >= 11 is 0. The smallest absolute Gasteiger partial charge is 0.243 e. The molecule has 0 aliphatic heterocycles. The first-order valence-electron chi connectivity index (χ1n) is 37.3. The zero-order chi connectivity index (χ0) is 81.1. The third kappa shape index (κ3) is 37.3. The summed E-state index contributed by atoms with van der Waals surface area (Å²) in [5, 5.41) is 54.4. The normalized spacial score (nSPS) is 13.9. The van der Waals surface area contributed by atoms with E-state index in [-0.39, 0.29) is 119 Å². The van der Waals surface area contributed by atoms with Crippen LogP contribution in [0.1, 0.15) is 162 Å². The molecule has 0 bridgehead atoms. The third-order valence-electron chi connectivity index (χ3n) is 17.3. The maximum Gasteiger partial charge on any atom is 0.243 e. The molecule has 10 atom stereocenters. The van der Waals surface area contributed by atoms with E-state index in [0.29, 0.717) is 70.0 Å². The van der Waals surface area contributed by atoms with Crippen molar-refractivity contribution in [2.24, 2.45) is 45.5 Å². The van der Waals surface area contributed by atoms with E-state index in [4.69, 9.17) is 28.7 Å². The first kappa shape index (κ1) is 92.7. The number of hydrogen-bond donors (Lipinski definition) is 21. The first-order valence-corrected chi connectivity index (χ1v) is 37.3. The van der Waals surface area contributed by atoms with Crippen LogP contribution in [-0.2, 0) is 80.0 Å². The van der Waals surface area contributed by atoms with E-state index in [9.17, 15) is 77.3 Å². The summed E-state index contributed by atoms with van der Waals surface area (Å²) in [6.07, 6.45) is 7.03. The van der Waals surface area contributed by atoms with E-state index < -0.39 is 144 Å². The van der Waals surface area contributed by atoms with Gasteiger partial charge < -0.3 is 113 Å². The molecule has 0 saturated carbocycles. The van der Waals surface area contributed by atoms with Gasteiger partial charge in [-0.1, -0.05) is 58.0 Å². The Balaban J connectivity index is 1.36. The SMILES string of the molecule is CC(C)C[C@H](NC(=O)[C@H](C)NC(=O)[C@H](C)NC(=O)[C@H](C)NC(=O)[C@H](CCCN=C(N)N)NC(=O)CNC(=O)CCCCNC(=O)CCCCNC(=O)CCCCNC(=O)[C@H](CCCCN)NC(=O)[C@H](Cc1ccc(O)cc1)NC(=O)[C@@H](N)Cc1c[nH]c2ccccc12)C(=O)N[C@@H](CC(C)C)C(=O)N[C@@H](CO)C(N)=O. The summed E-state index contributed by atoms with van der Waals surface area (Å²) < 4.78 is 0. The van der Waals surface area contributed by atoms with Crippen molar-refractivity contribution in [1.29, 1.82) is 0 Å². The largest absolute Gasteiger partial charge is 0.508 e. The van der Waals surface area contributed by atoms with E-state index in [0.717, 1.165) is 16.5 Å². The highest BCUT2D eigenvalue weighted by Crippen LogP contribution is 2.20. The number of unbranched alkanes of at least 4 members (excludes halogenated alkanes) is 4. The van der Waals surface area contributed by atoms with Crippen LogP contribution in [0.3, 0.4) is 0 Å². The maximum absolute atomic E-state index is 14.0. The Labute approximate surface area is 636 Å². The number of phenols is 1. The number of nitrogens with one attached hydrogen (secondary N) is 14. The average Bonchev–Trinajstić information content (AvgIpc) is 1.63. The zero-order valence-electron chi connectivity index (χ0n) is 63.7. The molecule has 0 unspecified atom stereocenters. The number of guanidine groups is 1. The number of amides is 14. The lowest BCUT2D eigenvalue weighted by Crippen LogP contribution is -2.59. The van der Waals surface area contributed by atoms with Gasteiger partial charge in [0.2, 0.25) is 82.7 Å². The van der Waals surface area contributed by atoms with Crippen LogP contribution in [0.15, 0.2) is 59.7 Å². The van der Waals surface area contributed by atoms with Crippen LogP contribution in [0, 0.1) is 11.8 Å². The standard InChI is InChI=1S/C73H118N20O16/c1-42(2)35-55(70(107)92-56(36-43(3)4)71(108)93-58(41-94)63(76)100)90-66(103)46(7)86-64(101)44(5)85-65(102)45(6)87-69(106)54(22-18-34-82-73(77)78)88-62(99)40-84-61(98)25-12-16-32-80-59(96)23-11-15-31-79-60(97)24-13-17-33-81-68(105)53(21-10-14-30-74)89-72(109)57(37-47-26-28-49(95)29-27-47)91-67(104)51(75)38-48-39-83-52-20-9-8-19-50(48)52/h8-9,19-20,26-29,39,42-46,51,53-58,83,94-95H,10-18,21-25,30-38,40-41,74-75H2,1-7H3,(H2,76,100)(H,79,97)(H,80,96)(H,81,105)(H,84,98)(H,85,102)(H,86,101)(H,87,106)(H,88,99)(H,89,109)(H,90,103)(H,91,104)(H,92,107)(H,93,108)(H4,77,78,82)/t44-,45-,46-,51-,53-,54-,55-,56-,57-,58-/m0/s1. The molecule has 606 valence electrons. The summed E-state index contributed by atoms with van der Waals surface area (Å²) in [6.45, 7) is 11.2. The molecular formula is C73H118N20O16. The molecule has 26 N–H and O–H groups in total. The number of aromatic nitrogens is 1. The monoisotopic (exact) mass is 1530 g/mol. The molecule has 0 saturated heterocycles. The molecule has 0 aliphatic rings. The van der Waals surface area contributed by atoms with Gasteiger partial charge in [0.1, 0.15) is 60.1 Å². The minimum Gasteiger partial charge on any atom is -0.508 e. The van der Waals surface area contributed by atoms with Crippen molar-refractivity contribution >= 4 is 99.6 Å². The van der Waals surface area contributed by atoms with Gasteiger partial charge in [-0.25, -0.2) is 0 Å². The number of nitrogens with two attached hydrogens (primary N) is 5. The summed E-state index contributed by atoms with van der Waals surface area (Å²) in [4.78, 5) is 191. The van der Waals surface area contributed by atoms with Crippen molar-refractivity contribution in [3.8, 4) is 5.75 Å². The minimum atomic E-state index is -1.40. The average molecular weight is 1530 g/mol. The number of aliphatic hydroxyl groups is 1. The third-order valence-corrected chi connectivity index (χ3v) is 17.3. The molecule has 0 radical (unpaired) electrons. The number of primary amides is 1. The zero-order valence-corrected chi connectivity index (χ0v) is 63.7. The topological polar surface area (TPSA) is 594 Å². The molecule has 1 heterocycles. The van der Waals surface area contributed by atoms with E-state index in [1.807, 2.05) is 24.3 Å². The fraction of sp³-hybridized carbons (Fsp3) is 0.603. The Bertz CT molecular complexity index is 3490. The quantitative estimate of drug-likeness (QED) is 0.0154. The summed E-state index contributed by atoms with van der Waals surface area (Å²) in [7, 11) is 0. The Morgan fingerprint density at radius 1 is 0.450 bits per heavy atom. The van der Waals surface area contributed by atoms with Gasteiger partial charge in [-0.15, -0.1) is 0 Å². The molecule has 14 amide bonds. The van der Waals surface area contributed by atoms with Crippen LogP contribution >= 0.6 is 0 Å². The predicted molar refractivity (Wildman–Crippen MR) is 408 cm³/mol. The van der Waals surface area contributed by atoms with Crippen molar-refractivity contribution in [2.45, 2.75) is 224 Å². The van der Waals surface area contributed by atoms with Gasteiger partial charge >= 0.3 is 0 Å². The van der Waals surface area contributed by atoms with E-state index in [1.165, 1.54) is 32.9 Å². The second-order valence-corrected chi connectivity index (χ2v) is 27.9. The molecule has 3 rings (SSSR count). The minimum absolute atomic E-state index is 0.00319. The number of aliphatic imine (C=N–C) groups is 1. The number of phenolic OH excluding ortho intramolecular Hbond substituents is 1. The van der Waals surface area contributed by atoms with Gasteiger partial charge in [0.15, 0.2) is 5.96 Å². The van der Waals surface area contributed by atoms with Gasteiger partial charge in [-0.3, -0.25) is 72.1 Å². The van der Waals surface area contributed by atoms with Crippen LogP contribution in [0.5, 0.6) is 5.75 Å². The van der Waals surface area contributed by atoms with Gasteiger partial charge in [-0.05, 0) is 158 Å². The number of carbonyl (C=O) groups excluding carboxylic acids is 14. The number of carbonyl (C=O) groups is 14. The molecule has 1 aromatic heterocycles. The number of benzene rings is 2. The van der Waals surface area contributed by atoms with Crippen LogP contribution in [0.2, 0.25) is 0 Å². The van der Waals surface area contributed by atoms with E-state index in [2.05, 4.69) is 79.1 Å². The van der Waals surface area contributed by atoms with Gasteiger partial charge in [0.05, 0.1) is 19.2 Å². The Morgan fingerprint density at radius 3 is 1.42 bits per heavy atom. The highest BCUT2D eigenvalue weighted by molar-refractivity contribution is 5.98. The Morgan fingerprint density at radius 2 is 0.899 bits per heavy atom. The summed E-state index contributed by atoms with van der Waals surface area (Å²) in [5.41, 5.74) is 30.7. The Kier molecular flexibility index (Phi) is 42.7. The number of para-hydroxylation sites is 1. The molecule has 0 aliphatic carbocycles. The molecule has 0 spiro atoms. The number of aromatic hydroxyl groups is 1. The first-order chi connectivity index (χ1) is 51.7. The molecular weight excluding hydrogens is 1410 g/mol. The van der Waals surface area contributed by atoms with Crippen LogP contribution in [0.25, 0.3) is 10.9 Å². The van der Waals surface area contributed by atoms with Crippen molar-refractivity contribution in [1.82, 2.24) is 74.1 Å². The second kappa shape index (κ2) is 50.2. The van der Waals surface area contributed by atoms with Gasteiger partial charge in [0, 0.05) is 69.0 Å². The lowest BCUT2D eigenvalue weighted by Gasteiger charge is -2.27. The molecule has 36 heteroatoms. The fourth-order valence-electron chi connectivity index (χ4n) is 11.1. The fourth-order valence-corrected chi connectivity index (χ4v) is 11.1. The van der Waals surface area contributed by atoms with Crippen LogP contribution in [-0.4, -0.2) is 210 Å². The molecule has 0 fully saturated rings. The van der Waals surface area contributed by atoms with Crippen LogP contribution in [0.4, 0.5) is 0 Å². The number of aromatic amines is 1. The molecule has 109 heavy (non-hydrogen) atoms. The van der Waals surface area contributed by atoms with Crippen molar-refractivity contribution in [2.75, 3.05) is 45.9 Å². The lowest BCUT2D eigenvalue weighted by molar-refractivity contribution is -0.135. The predicted octanol–water partition coefficient (Wildman–Crippen LogP) is -2.86. The van der Waals surface area contributed by atoms with E-state index in [1.54, 1.807) is 46.0 Å². The number of rotatable bonds is 53. The lowest BCUT2D eigenvalue weighted by atomic mass is 9.99. The maximum atomic E-state index is 14.0. The van der Waals surface area contributed by atoms with Gasteiger partial charge in [0.25, 0.3) is 0 Å². The van der Waals surface area contributed by atoms with Crippen molar-refractivity contribution in [3.63, 3.8) is 0 Å². The van der Waals surface area contributed by atoms with Crippen molar-refractivity contribution < 1.29 is 77.3 Å². The second-order valence-electron chi connectivity index (χ2n) is 27.9. The van der Waals surface area contributed by atoms with E-state index >= 15 is 0 Å². The number of H-pyrrole nitrogens is 1. The van der Waals surface area contributed by atoms with Gasteiger partial charge in [-0.2, -0.15) is 0 Å². The molecule has 36 nitrogen and oxygen atoms in total. The van der Waals surface area contributed by atoms with Crippen molar-refractivity contribution in [3.05, 3.63) is 65.9 Å². The number of aliphatic hydroxyl groups excluding tert-OH is 1. The molecule has 3 aromatic rings. The number of hydrogen-bond acceptors (Lipinski definition) is 19. The molecule has 2 aromatic carbocycles. The summed E-state index contributed by atoms with van der Waals surface area (Å²) in [6, 6.07) is 1.93. The summed E-state index contributed by atoms with van der Waals surface area (Å²) in [5.74, 6) is -9.36. The van der Waals surface area contributed by atoms with Crippen LogP contribution < -0.4 is 97.8 Å². The number of fused-ring (bicyclic) bond motifs is 1. The Hall–Kier alpha value is -10.5. The number of nitrogens with zero attached hydrogens (tertiary/aromatic N) is 1.